The quantitative estimate of drug-likeness (QED) is 0.857. The number of hydrogen-bond donors (Lipinski definition) is 1. The van der Waals surface area contributed by atoms with Crippen molar-refractivity contribution in [3.8, 4) is 5.75 Å². The second-order valence-corrected chi connectivity index (χ2v) is 4.94. The van der Waals surface area contributed by atoms with Gasteiger partial charge in [0, 0.05) is 24.3 Å². The largest absolute Gasteiger partial charge is 0.497 e. The number of carbonyl (C=O) groups is 1. The van der Waals surface area contributed by atoms with E-state index in [-0.39, 0.29) is 11.6 Å². The van der Waals surface area contributed by atoms with Crippen molar-refractivity contribution in [2.45, 2.75) is 26.3 Å². The fraction of sp³-hybridized carbons (Fsp3) is 0.462. The van der Waals surface area contributed by atoms with Crippen molar-refractivity contribution in [1.82, 2.24) is 5.32 Å². The summed E-state index contributed by atoms with van der Waals surface area (Å²) in [7, 11) is 3.34. The number of anilines is 1. The Kier molecular flexibility index (Phi) is 3.99. The Morgan fingerprint density at radius 2 is 2.00 bits per heavy atom. The maximum absolute atomic E-state index is 11.9. The van der Waals surface area contributed by atoms with E-state index in [4.69, 9.17) is 4.74 Å². The Labute approximate surface area is 103 Å². The molecule has 1 aromatic rings. The summed E-state index contributed by atoms with van der Waals surface area (Å²) in [5, 5.41) is 2.90. The first-order chi connectivity index (χ1) is 7.83. The molecule has 0 heterocycles. The molecule has 1 N–H and O–H groups in total. The Balaban J connectivity index is 2.81. The first-order valence-electron chi connectivity index (χ1n) is 5.53. The molecule has 17 heavy (non-hydrogen) atoms. The van der Waals surface area contributed by atoms with Gasteiger partial charge in [0.1, 0.15) is 5.75 Å². The Hall–Kier alpha value is -1.71. The van der Waals surface area contributed by atoms with Gasteiger partial charge < -0.3 is 10.1 Å². The summed E-state index contributed by atoms with van der Waals surface area (Å²) in [5.74, 6) is 0.734. The van der Waals surface area contributed by atoms with Crippen LogP contribution in [0, 0.1) is 0 Å². The summed E-state index contributed by atoms with van der Waals surface area (Å²) in [6.07, 6.45) is 0. The van der Waals surface area contributed by atoms with Gasteiger partial charge in [-0.1, -0.05) is 6.07 Å². The van der Waals surface area contributed by atoms with E-state index < -0.39 is 0 Å². The van der Waals surface area contributed by atoms with E-state index in [0.29, 0.717) is 0 Å². The molecule has 94 valence electrons. The molecule has 0 radical (unpaired) electrons. The van der Waals surface area contributed by atoms with Gasteiger partial charge in [0.2, 0.25) is 0 Å². The summed E-state index contributed by atoms with van der Waals surface area (Å²) >= 11 is 0. The molecule has 2 amide bonds. The highest BCUT2D eigenvalue weighted by Gasteiger charge is 2.18. The molecule has 0 spiro atoms. The van der Waals surface area contributed by atoms with Gasteiger partial charge in [-0.3, -0.25) is 4.90 Å². The second-order valence-electron chi connectivity index (χ2n) is 4.94. The summed E-state index contributed by atoms with van der Waals surface area (Å²) in [5.41, 5.74) is 0.551. The lowest BCUT2D eigenvalue weighted by atomic mass is 10.1. The number of nitrogens with zero attached hydrogens (tertiary/aromatic N) is 1. The van der Waals surface area contributed by atoms with Crippen LogP contribution in [-0.2, 0) is 0 Å². The van der Waals surface area contributed by atoms with Gasteiger partial charge in [-0.15, -0.1) is 0 Å². The van der Waals surface area contributed by atoms with Gasteiger partial charge in [-0.05, 0) is 32.9 Å². The molecule has 4 nitrogen and oxygen atoms in total. The Morgan fingerprint density at radius 3 is 2.53 bits per heavy atom. The highest BCUT2D eigenvalue weighted by atomic mass is 16.5. The van der Waals surface area contributed by atoms with Gasteiger partial charge in [0.05, 0.1) is 7.11 Å². The zero-order valence-electron chi connectivity index (χ0n) is 11.1. The van der Waals surface area contributed by atoms with E-state index in [1.807, 2.05) is 45.0 Å². The molecule has 0 saturated heterocycles. The molecule has 0 unspecified atom stereocenters. The van der Waals surface area contributed by atoms with E-state index in [2.05, 4.69) is 5.32 Å². The smallest absolute Gasteiger partial charge is 0.322 e. The van der Waals surface area contributed by atoms with Crippen LogP contribution in [0.2, 0.25) is 0 Å². The molecule has 0 bridgehead atoms. The SMILES string of the molecule is COc1cccc(N(C)C(=O)NC(C)(C)C)c1. The molecule has 0 fully saturated rings. The monoisotopic (exact) mass is 236 g/mol. The minimum absolute atomic E-state index is 0.134. The number of rotatable bonds is 2. The van der Waals surface area contributed by atoms with Crippen LogP contribution >= 0.6 is 0 Å². The summed E-state index contributed by atoms with van der Waals surface area (Å²) < 4.78 is 5.13. The van der Waals surface area contributed by atoms with Crippen molar-refractivity contribution in [3.63, 3.8) is 0 Å². The van der Waals surface area contributed by atoms with E-state index in [0.717, 1.165) is 11.4 Å². The molecule has 4 heteroatoms. The van der Waals surface area contributed by atoms with Crippen molar-refractivity contribution in [2.75, 3.05) is 19.1 Å². The van der Waals surface area contributed by atoms with Gasteiger partial charge in [0.25, 0.3) is 0 Å². The lowest BCUT2D eigenvalue weighted by Crippen LogP contribution is -2.47. The van der Waals surface area contributed by atoms with Crippen LogP contribution in [0.3, 0.4) is 0 Å². The summed E-state index contributed by atoms with van der Waals surface area (Å²) in [4.78, 5) is 13.5. The number of benzene rings is 1. The van der Waals surface area contributed by atoms with E-state index in [1.54, 1.807) is 19.1 Å². The minimum Gasteiger partial charge on any atom is -0.497 e. The number of ether oxygens (including phenoxy) is 1. The average molecular weight is 236 g/mol. The number of nitrogens with one attached hydrogen (secondary N) is 1. The molecule has 0 aromatic heterocycles. The van der Waals surface area contributed by atoms with Crippen LogP contribution in [0.4, 0.5) is 10.5 Å². The predicted octanol–water partition coefficient (Wildman–Crippen LogP) is 2.64. The summed E-state index contributed by atoms with van der Waals surface area (Å²) in [6, 6.07) is 7.26. The maximum Gasteiger partial charge on any atom is 0.322 e. The number of urea groups is 1. The fourth-order valence-electron chi connectivity index (χ4n) is 1.34. The van der Waals surface area contributed by atoms with Crippen LogP contribution < -0.4 is 15.0 Å². The van der Waals surface area contributed by atoms with E-state index >= 15 is 0 Å². The first-order valence-corrected chi connectivity index (χ1v) is 5.53. The van der Waals surface area contributed by atoms with Crippen LogP contribution in [0.25, 0.3) is 0 Å². The van der Waals surface area contributed by atoms with Gasteiger partial charge in [-0.2, -0.15) is 0 Å². The van der Waals surface area contributed by atoms with Crippen molar-refractivity contribution >= 4 is 11.7 Å². The van der Waals surface area contributed by atoms with Crippen LogP contribution in [0.5, 0.6) is 5.75 Å². The molecular weight excluding hydrogens is 216 g/mol. The van der Waals surface area contributed by atoms with Crippen molar-refractivity contribution in [3.05, 3.63) is 24.3 Å². The first kappa shape index (κ1) is 13.4. The molecule has 1 aromatic carbocycles. The minimum atomic E-state index is -0.246. The van der Waals surface area contributed by atoms with Crippen LogP contribution in [0.1, 0.15) is 20.8 Å². The zero-order valence-corrected chi connectivity index (χ0v) is 11.1. The van der Waals surface area contributed by atoms with Crippen LogP contribution in [-0.4, -0.2) is 25.7 Å². The topological polar surface area (TPSA) is 41.6 Å². The molecule has 1 rings (SSSR count). The molecule has 0 saturated carbocycles. The average Bonchev–Trinajstić information content (AvgIpc) is 2.26. The number of hydrogen-bond acceptors (Lipinski definition) is 2. The standard InChI is InChI=1S/C13H20N2O2/c1-13(2,3)14-12(16)15(4)10-7-6-8-11(9-10)17-5/h6-9H,1-5H3,(H,14,16). The molecule has 0 aliphatic heterocycles. The lowest BCUT2D eigenvalue weighted by Gasteiger charge is -2.25. The van der Waals surface area contributed by atoms with Gasteiger partial charge >= 0.3 is 6.03 Å². The molecule has 0 aliphatic rings. The van der Waals surface area contributed by atoms with Gasteiger partial charge in [0.15, 0.2) is 0 Å². The molecule has 0 atom stereocenters. The Morgan fingerprint density at radius 1 is 1.35 bits per heavy atom. The van der Waals surface area contributed by atoms with Gasteiger partial charge in [-0.25, -0.2) is 4.79 Å². The molecular formula is C13H20N2O2. The Bertz CT molecular complexity index is 397. The van der Waals surface area contributed by atoms with E-state index in [9.17, 15) is 4.79 Å². The fourth-order valence-corrected chi connectivity index (χ4v) is 1.34. The molecule has 0 aliphatic carbocycles. The second kappa shape index (κ2) is 5.08. The lowest BCUT2D eigenvalue weighted by molar-refractivity contribution is 0.239. The highest BCUT2D eigenvalue weighted by molar-refractivity contribution is 5.92. The van der Waals surface area contributed by atoms with Crippen molar-refractivity contribution in [2.24, 2.45) is 0 Å². The zero-order chi connectivity index (χ0) is 13.1. The third kappa shape index (κ3) is 3.98. The summed E-state index contributed by atoms with van der Waals surface area (Å²) in [6.45, 7) is 5.85. The van der Waals surface area contributed by atoms with Crippen molar-refractivity contribution < 1.29 is 9.53 Å². The number of amides is 2. The predicted molar refractivity (Wildman–Crippen MR) is 69.7 cm³/mol. The van der Waals surface area contributed by atoms with E-state index in [1.165, 1.54) is 0 Å². The normalized spacial score (nSPS) is 10.9. The van der Waals surface area contributed by atoms with Crippen molar-refractivity contribution in [1.29, 1.82) is 0 Å². The third-order valence-electron chi connectivity index (χ3n) is 2.23. The third-order valence-corrected chi connectivity index (χ3v) is 2.23. The number of methoxy groups -OCH3 is 1. The highest BCUT2D eigenvalue weighted by Crippen LogP contribution is 2.20. The maximum atomic E-state index is 11.9. The van der Waals surface area contributed by atoms with Crippen LogP contribution in [0.15, 0.2) is 24.3 Å². The number of carbonyl (C=O) groups excluding carboxylic acids is 1.